The summed E-state index contributed by atoms with van der Waals surface area (Å²) in [6.45, 7) is -0.0581. The Morgan fingerprint density at radius 1 is 1.20 bits per heavy atom. The Labute approximate surface area is 231 Å². The number of nitriles is 1. The van der Waals surface area contributed by atoms with Crippen molar-refractivity contribution in [1.82, 2.24) is 23.9 Å². The third kappa shape index (κ3) is 4.61. The minimum atomic E-state index is -4.56. The van der Waals surface area contributed by atoms with Gasteiger partial charge in [-0.25, -0.2) is 13.8 Å². The van der Waals surface area contributed by atoms with E-state index in [9.17, 15) is 32.4 Å². The third-order valence-electron chi connectivity index (χ3n) is 6.23. The molecule has 4 heterocycles. The number of pyridine rings is 1. The topological polar surface area (TPSA) is 108 Å². The molecule has 206 valence electrons. The van der Waals surface area contributed by atoms with Crippen molar-refractivity contribution in [2.24, 2.45) is 0 Å². The smallest absolute Gasteiger partial charge is 0.408 e. The Morgan fingerprint density at radius 2 is 1.95 bits per heavy atom. The van der Waals surface area contributed by atoms with Crippen LogP contribution in [0.1, 0.15) is 12.1 Å². The highest BCUT2D eigenvalue weighted by atomic mass is 35.5. The lowest BCUT2D eigenvalue weighted by atomic mass is 10.1. The zero-order chi connectivity index (χ0) is 28.9. The van der Waals surface area contributed by atoms with Gasteiger partial charge >= 0.3 is 11.9 Å². The predicted molar refractivity (Wildman–Crippen MR) is 141 cm³/mol. The standard InChI is InChI=1S/C25H17ClF4N6O3S/c1-12-21-16(33-35(12)11-25(28,29)30)9-32-10-18(21)36-23(37)22-17(34(24(36)38)5-3-4-31)8-20(40-22)13-6-19(39-2)15(27)7-14(13)26/h6-10H,3,5,11H2,1-2H3. The highest BCUT2D eigenvalue weighted by Gasteiger charge is 2.30. The van der Waals surface area contributed by atoms with Gasteiger partial charge in [0.15, 0.2) is 11.6 Å². The summed E-state index contributed by atoms with van der Waals surface area (Å²) in [6.07, 6.45) is -2.19. The number of ether oxygens (including phenoxy) is 1. The third-order valence-corrected chi connectivity index (χ3v) is 7.69. The summed E-state index contributed by atoms with van der Waals surface area (Å²) in [7, 11) is 1.28. The summed E-state index contributed by atoms with van der Waals surface area (Å²) in [5.74, 6) is -0.770. The van der Waals surface area contributed by atoms with E-state index in [1.165, 1.54) is 43.1 Å². The number of nitrogens with zero attached hydrogens (tertiary/aromatic N) is 6. The number of aromatic nitrogens is 5. The van der Waals surface area contributed by atoms with Crippen LogP contribution >= 0.6 is 22.9 Å². The van der Waals surface area contributed by atoms with Crippen LogP contribution in [0.2, 0.25) is 5.02 Å². The zero-order valence-corrected chi connectivity index (χ0v) is 22.3. The van der Waals surface area contributed by atoms with Gasteiger partial charge in [0.1, 0.15) is 16.8 Å². The number of methoxy groups -OCH3 is 1. The molecular weight excluding hydrogens is 576 g/mol. The van der Waals surface area contributed by atoms with Crippen molar-refractivity contribution >= 4 is 44.1 Å². The zero-order valence-electron chi connectivity index (χ0n) is 20.7. The van der Waals surface area contributed by atoms with Crippen LogP contribution in [0.5, 0.6) is 5.75 Å². The van der Waals surface area contributed by atoms with Crippen molar-refractivity contribution in [3.8, 4) is 27.9 Å². The van der Waals surface area contributed by atoms with E-state index in [1.807, 2.05) is 6.07 Å². The van der Waals surface area contributed by atoms with Crippen LogP contribution in [-0.4, -0.2) is 37.2 Å². The Kier molecular flexibility index (Phi) is 6.89. The maximum absolute atomic E-state index is 14.2. The molecule has 0 N–H and O–H groups in total. The molecule has 0 atom stereocenters. The molecule has 0 saturated heterocycles. The van der Waals surface area contributed by atoms with Gasteiger partial charge in [-0.3, -0.25) is 19.0 Å². The molecule has 0 amide bonds. The number of hydrogen-bond acceptors (Lipinski definition) is 7. The summed E-state index contributed by atoms with van der Waals surface area (Å²) in [4.78, 5) is 32.0. The second kappa shape index (κ2) is 10.1. The summed E-state index contributed by atoms with van der Waals surface area (Å²) >= 11 is 7.27. The van der Waals surface area contributed by atoms with Crippen molar-refractivity contribution < 1.29 is 22.3 Å². The van der Waals surface area contributed by atoms with Crippen LogP contribution in [0, 0.1) is 24.1 Å². The van der Waals surface area contributed by atoms with Crippen LogP contribution < -0.4 is 16.0 Å². The van der Waals surface area contributed by atoms with Gasteiger partial charge in [-0.15, -0.1) is 11.3 Å². The van der Waals surface area contributed by atoms with E-state index in [0.29, 0.717) is 10.4 Å². The van der Waals surface area contributed by atoms with E-state index in [4.69, 9.17) is 16.3 Å². The molecule has 0 spiro atoms. The van der Waals surface area contributed by atoms with Gasteiger partial charge in [-0.2, -0.15) is 23.5 Å². The molecule has 0 fully saturated rings. The molecule has 0 saturated carbocycles. The predicted octanol–water partition coefficient (Wildman–Crippen LogP) is 5.21. The second-order valence-electron chi connectivity index (χ2n) is 8.69. The first-order valence-corrected chi connectivity index (χ1v) is 12.7. The van der Waals surface area contributed by atoms with Gasteiger partial charge in [-0.05, 0) is 25.1 Å². The average molecular weight is 593 g/mol. The number of rotatable bonds is 6. The molecule has 0 unspecified atom stereocenters. The fourth-order valence-corrected chi connectivity index (χ4v) is 5.89. The molecule has 0 aliphatic carbocycles. The van der Waals surface area contributed by atoms with E-state index in [0.717, 1.165) is 26.7 Å². The van der Waals surface area contributed by atoms with E-state index in [2.05, 4.69) is 10.1 Å². The second-order valence-corrected chi connectivity index (χ2v) is 10.1. The number of halogens is 5. The lowest BCUT2D eigenvalue weighted by molar-refractivity contribution is -0.142. The first-order valence-electron chi connectivity index (χ1n) is 11.5. The Balaban J connectivity index is 1.82. The highest BCUT2D eigenvalue weighted by molar-refractivity contribution is 7.22. The van der Waals surface area contributed by atoms with Gasteiger partial charge in [-0.1, -0.05) is 11.6 Å². The molecule has 40 heavy (non-hydrogen) atoms. The van der Waals surface area contributed by atoms with Crippen molar-refractivity contribution in [2.45, 2.75) is 32.6 Å². The monoisotopic (exact) mass is 592 g/mol. The van der Waals surface area contributed by atoms with Crippen LogP contribution in [0.15, 0.2) is 40.2 Å². The van der Waals surface area contributed by atoms with Crippen LogP contribution in [0.3, 0.4) is 0 Å². The molecule has 15 heteroatoms. The Hall–Kier alpha value is -4.22. The van der Waals surface area contributed by atoms with E-state index in [-0.39, 0.29) is 56.2 Å². The Bertz CT molecular complexity index is 1970. The van der Waals surface area contributed by atoms with Crippen LogP contribution in [0.25, 0.3) is 37.2 Å². The average Bonchev–Trinajstić information content (AvgIpc) is 3.45. The first kappa shape index (κ1) is 27.4. The maximum atomic E-state index is 14.2. The number of alkyl halides is 3. The SMILES string of the molecule is COc1cc(-c2cc3c(s2)c(=O)n(-c2cncc4nn(CC(F)(F)F)c(C)c24)c(=O)n3CCC#N)c(Cl)cc1F. The highest BCUT2D eigenvalue weighted by Crippen LogP contribution is 2.39. The van der Waals surface area contributed by atoms with Gasteiger partial charge in [0.05, 0.1) is 53.6 Å². The van der Waals surface area contributed by atoms with Crippen molar-refractivity contribution in [2.75, 3.05) is 7.11 Å². The molecule has 4 aromatic heterocycles. The minimum Gasteiger partial charge on any atom is -0.494 e. The quantitative estimate of drug-likeness (QED) is 0.251. The molecule has 0 radical (unpaired) electrons. The van der Waals surface area contributed by atoms with Crippen molar-refractivity contribution in [1.29, 1.82) is 5.26 Å². The number of benzene rings is 1. The summed E-state index contributed by atoms with van der Waals surface area (Å²) < 4.78 is 61.5. The summed E-state index contributed by atoms with van der Waals surface area (Å²) in [6, 6.07) is 5.92. The van der Waals surface area contributed by atoms with Gasteiger partial charge in [0.25, 0.3) is 5.56 Å². The number of fused-ring (bicyclic) bond motifs is 2. The number of thiophene rings is 1. The molecule has 0 bridgehead atoms. The largest absolute Gasteiger partial charge is 0.494 e. The Morgan fingerprint density at radius 3 is 2.62 bits per heavy atom. The van der Waals surface area contributed by atoms with E-state index in [1.54, 1.807) is 0 Å². The van der Waals surface area contributed by atoms with E-state index >= 15 is 0 Å². The fourth-order valence-electron chi connectivity index (χ4n) is 4.46. The van der Waals surface area contributed by atoms with E-state index < -0.39 is 29.8 Å². The molecule has 0 aliphatic rings. The van der Waals surface area contributed by atoms with Gasteiger partial charge in [0, 0.05) is 22.7 Å². The lowest BCUT2D eigenvalue weighted by Crippen LogP contribution is -2.38. The van der Waals surface area contributed by atoms with Gasteiger partial charge in [0.2, 0.25) is 0 Å². The molecule has 0 aliphatic heterocycles. The molecule has 5 rings (SSSR count). The normalized spacial score (nSPS) is 11.8. The molecule has 5 aromatic rings. The number of aryl methyl sites for hydroxylation is 2. The minimum absolute atomic E-state index is 0.0396. The summed E-state index contributed by atoms with van der Waals surface area (Å²) in [5.41, 5.74) is -0.931. The van der Waals surface area contributed by atoms with Crippen LogP contribution in [-0.2, 0) is 13.1 Å². The van der Waals surface area contributed by atoms with Gasteiger partial charge < -0.3 is 4.74 Å². The number of hydrogen-bond donors (Lipinski definition) is 0. The van der Waals surface area contributed by atoms with Crippen LogP contribution in [0.4, 0.5) is 17.6 Å². The van der Waals surface area contributed by atoms with Crippen molar-refractivity contribution in [3.05, 3.63) is 68.0 Å². The molecule has 1 aromatic carbocycles. The fraction of sp³-hybridized carbons (Fsp3) is 0.240. The summed E-state index contributed by atoms with van der Waals surface area (Å²) in [5, 5.41) is 13.3. The van der Waals surface area contributed by atoms with Crippen molar-refractivity contribution in [3.63, 3.8) is 0 Å². The lowest BCUT2D eigenvalue weighted by Gasteiger charge is -2.12. The first-order chi connectivity index (χ1) is 18.9. The maximum Gasteiger partial charge on any atom is 0.408 e. The molecular formula is C25H17ClF4N6O3S. The molecule has 9 nitrogen and oxygen atoms in total.